The zero-order chi connectivity index (χ0) is 13.8. The Morgan fingerprint density at radius 2 is 2.32 bits per heavy atom. The van der Waals surface area contributed by atoms with Crippen LogP contribution in [-0.4, -0.2) is 41.7 Å². The van der Waals surface area contributed by atoms with Crippen LogP contribution in [0.1, 0.15) is 35.7 Å². The number of nitrogens with zero attached hydrogens (tertiary/aromatic N) is 1. The number of benzene rings is 1. The molecule has 1 fully saturated rings. The number of aromatic hydroxyl groups is 1. The minimum Gasteiger partial charge on any atom is -0.507 e. The van der Waals surface area contributed by atoms with E-state index in [1.54, 1.807) is 30.0 Å². The van der Waals surface area contributed by atoms with Crippen LogP contribution in [0.3, 0.4) is 0 Å². The lowest BCUT2D eigenvalue weighted by Crippen LogP contribution is -2.37. The summed E-state index contributed by atoms with van der Waals surface area (Å²) < 4.78 is 5.57. The van der Waals surface area contributed by atoms with Gasteiger partial charge in [0.2, 0.25) is 0 Å². The summed E-state index contributed by atoms with van der Waals surface area (Å²) in [6.07, 6.45) is 2.20. The molecule has 1 aromatic rings. The third-order valence-electron chi connectivity index (χ3n) is 3.59. The second-order valence-electron chi connectivity index (χ2n) is 4.95. The number of phenols is 1. The topological polar surface area (TPSA) is 49.8 Å². The minimum absolute atomic E-state index is 0.0818. The Kier molecular flexibility index (Phi) is 4.43. The van der Waals surface area contributed by atoms with Gasteiger partial charge in [-0.3, -0.25) is 4.79 Å². The van der Waals surface area contributed by atoms with Gasteiger partial charge in [-0.15, -0.1) is 0 Å². The molecule has 4 heteroatoms. The maximum atomic E-state index is 12.4. The first-order chi connectivity index (χ1) is 9.13. The predicted molar refractivity (Wildman–Crippen MR) is 73.4 cm³/mol. The van der Waals surface area contributed by atoms with Gasteiger partial charge in [0.05, 0.1) is 11.7 Å². The molecule has 19 heavy (non-hydrogen) atoms. The van der Waals surface area contributed by atoms with Gasteiger partial charge in [0.25, 0.3) is 5.91 Å². The van der Waals surface area contributed by atoms with E-state index < -0.39 is 0 Å². The van der Waals surface area contributed by atoms with E-state index in [-0.39, 0.29) is 17.8 Å². The molecule has 0 radical (unpaired) electrons. The molecule has 1 aliphatic rings. The molecule has 1 aromatic carbocycles. The van der Waals surface area contributed by atoms with Gasteiger partial charge in [0.1, 0.15) is 5.75 Å². The van der Waals surface area contributed by atoms with Crippen molar-refractivity contribution >= 4 is 5.91 Å². The Morgan fingerprint density at radius 3 is 2.95 bits per heavy atom. The summed E-state index contributed by atoms with van der Waals surface area (Å²) in [4.78, 5) is 14.2. The SMILES string of the molecule is CCN(CC1CCCO1)C(=O)c1cccc(C)c1O. The lowest BCUT2D eigenvalue weighted by atomic mass is 10.1. The van der Waals surface area contributed by atoms with Crippen LogP contribution >= 0.6 is 0 Å². The van der Waals surface area contributed by atoms with Crippen molar-refractivity contribution in [2.24, 2.45) is 0 Å². The van der Waals surface area contributed by atoms with Crippen molar-refractivity contribution in [3.05, 3.63) is 29.3 Å². The van der Waals surface area contributed by atoms with Gasteiger partial charge in [-0.1, -0.05) is 12.1 Å². The molecule has 2 rings (SSSR count). The van der Waals surface area contributed by atoms with Gasteiger partial charge in [0.15, 0.2) is 0 Å². The second-order valence-corrected chi connectivity index (χ2v) is 4.95. The van der Waals surface area contributed by atoms with Gasteiger partial charge < -0.3 is 14.7 Å². The summed E-state index contributed by atoms with van der Waals surface area (Å²) in [5, 5.41) is 9.99. The number of amides is 1. The van der Waals surface area contributed by atoms with Crippen molar-refractivity contribution < 1.29 is 14.6 Å². The highest BCUT2D eigenvalue weighted by molar-refractivity contribution is 5.97. The van der Waals surface area contributed by atoms with Crippen LogP contribution in [0.5, 0.6) is 5.75 Å². The normalized spacial score (nSPS) is 18.5. The predicted octanol–water partition coefficient (Wildman–Crippen LogP) is 2.34. The average Bonchev–Trinajstić information content (AvgIpc) is 2.91. The number of likely N-dealkylation sites (N-methyl/N-ethyl adjacent to an activating group) is 1. The number of carbonyl (C=O) groups excluding carboxylic acids is 1. The number of hydrogen-bond acceptors (Lipinski definition) is 3. The molecule has 0 aliphatic carbocycles. The first-order valence-corrected chi connectivity index (χ1v) is 6.83. The van der Waals surface area contributed by atoms with Gasteiger partial charge in [-0.25, -0.2) is 0 Å². The lowest BCUT2D eigenvalue weighted by Gasteiger charge is -2.24. The fourth-order valence-corrected chi connectivity index (χ4v) is 2.39. The standard InChI is InChI=1S/C15H21NO3/c1-3-16(10-12-7-5-9-19-12)15(18)13-8-4-6-11(2)14(13)17/h4,6,8,12,17H,3,5,7,9-10H2,1-2H3. The van der Waals surface area contributed by atoms with Crippen molar-refractivity contribution in [1.29, 1.82) is 0 Å². The summed E-state index contributed by atoms with van der Waals surface area (Å²) in [6, 6.07) is 5.26. The Hall–Kier alpha value is -1.55. The first kappa shape index (κ1) is 13.9. The molecule has 0 bridgehead atoms. The van der Waals surface area contributed by atoms with Crippen molar-refractivity contribution in [3.63, 3.8) is 0 Å². The van der Waals surface area contributed by atoms with E-state index in [1.807, 2.05) is 6.92 Å². The maximum Gasteiger partial charge on any atom is 0.257 e. The quantitative estimate of drug-likeness (QED) is 0.907. The Balaban J connectivity index is 2.13. The van der Waals surface area contributed by atoms with E-state index in [2.05, 4.69) is 0 Å². The molecule has 1 N–H and O–H groups in total. The molecule has 1 unspecified atom stereocenters. The van der Waals surface area contributed by atoms with E-state index in [4.69, 9.17) is 4.74 Å². The number of para-hydroxylation sites is 1. The Bertz CT molecular complexity index is 453. The molecule has 1 amide bonds. The third kappa shape index (κ3) is 3.07. The summed E-state index contributed by atoms with van der Waals surface area (Å²) >= 11 is 0. The molecule has 0 aromatic heterocycles. The van der Waals surface area contributed by atoms with Crippen LogP contribution in [0.4, 0.5) is 0 Å². The molecule has 1 saturated heterocycles. The maximum absolute atomic E-state index is 12.4. The Morgan fingerprint density at radius 1 is 1.53 bits per heavy atom. The molecule has 1 heterocycles. The van der Waals surface area contributed by atoms with Crippen molar-refractivity contribution in [3.8, 4) is 5.75 Å². The van der Waals surface area contributed by atoms with Crippen molar-refractivity contribution in [2.45, 2.75) is 32.8 Å². The van der Waals surface area contributed by atoms with Crippen LogP contribution in [0.25, 0.3) is 0 Å². The van der Waals surface area contributed by atoms with E-state index >= 15 is 0 Å². The number of aryl methyl sites for hydroxylation is 1. The molecule has 4 nitrogen and oxygen atoms in total. The highest BCUT2D eigenvalue weighted by Crippen LogP contribution is 2.23. The number of carbonyl (C=O) groups is 1. The zero-order valence-corrected chi connectivity index (χ0v) is 11.6. The molecule has 1 atom stereocenters. The second kappa shape index (κ2) is 6.06. The summed E-state index contributed by atoms with van der Waals surface area (Å²) in [5.41, 5.74) is 1.10. The van der Waals surface area contributed by atoms with Crippen LogP contribution in [0.15, 0.2) is 18.2 Å². The summed E-state index contributed by atoms with van der Waals surface area (Å²) in [7, 11) is 0. The van der Waals surface area contributed by atoms with Gasteiger partial charge >= 0.3 is 0 Å². The largest absolute Gasteiger partial charge is 0.507 e. The smallest absolute Gasteiger partial charge is 0.257 e. The van der Waals surface area contributed by atoms with Crippen LogP contribution in [0.2, 0.25) is 0 Å². The minimum atomic E-state index is -0.126. The first-order valence-electron chi connectivity index (χ1n) is 6.83. The molecular formula is C15H21NO3. The highest BCUT2D eigenvalue weighted by Gasteiger charge is 2.24. The van der Waals surface area contributed by atoms with E-state index in [9.17, 15) is 9.90 Å². The lowest BCUT2D eigenvalue weighted by molar-refractivity contribution is 0.0537. The molecule has 1 aliphatic heterocycles. The molecule has 0 saturated carbocycles. The Labute approximate surface area is 114 Å². The van der Waals surface area contributed by atoms with Gasteiger partial charge in [-0.2, -0.15) is 0 Å². The van der Waals surface area contributed by atoms with Crippen LogP contribution in [0, 0.1) is 6.92 Å². The fraction of sp³-hybridized carbons (Fsp3) is 0.533. The molecule has 0 spiro atoms. The highest BCUT2D eigenvalue weighted by atomic mass is 16.5. The number of rotatable bonds is 4. The molecular weight excluding hydrogens is 242 g/mol. The van der Waals surface area contributed by atoms with E-state index in [1.165, 1.54) is 0 Å². The van der Waals surface area contributed by atoms with E-state index in [0.29, 0.717) is 18.7 Å². The number of hydrogen-bond donors (Lipinski definition) is 1. The van der Waals surface area contributed by atoms with Gasteiger partial charge in [-0.05, 0) is 38.3 Å². The van der Waals surface area contributed by atoms with Crippen molar-refractivity contribution in [1.82, 2.24) is 4.90 Å². The van der Waals surface area contributed by atoms with E-state index in [0.717, 1.165) is 25.0 Å². The zero-order valence-electron chi connectivity index (χ0n) is 11.6. The molecule has 104 valence electrons. The number of ether oxygens (including phenoxy) is 1. The average molecular weight is 263 g/mol. The van der Waals surface area contributed by atoms with Crippen LogP contribution in [-0.2, 0) is 4.74 Å². The third-order valence-corrected chi connectivity index (χ3v) is 3.59. The monoisotopic (exact) mass is 263 g/mol. The summed E-state index contributed by atoms with van der Waals surface area (Å²) in [6.45, 7) is 5.74. The van der Waals surface area contributed by atoms with Crippen LogP contribution < -0.4 is 0 Å². The summed E-state index contributed by atoms with van der Waals surface area (Å²) in [5.74, 6) is -0.0440. The fourth-order valence-electron chi connectivity index (χ4n) is 2.39. The van der Waals surface area contributed by atoms with Crippen molar-refractivity contribution in [2.75, 3.05) is 19.7 Å². The van der Waals surface area contributed by atoms with Gasteiger partial charge in [0, 0.05) is 19.7 Å². The number of phenolic OH excluding ortho intramolecular Hbond substituents is 1.